The molecule has 0 aliphatic rings. The fourth-order valence-electron chi connectivity index (χ4n) is 8.60. The maximum absolute atomic E-state index is 12.4. The third-order valence-electron chi connectivity index (χ3n) is 13.1. The van der Waals surface area contributed by atoms with Crippen LogP contribution < -0.4 is 5.32 Å². The molecule has 0 aromatic heterocycles. The molecule has 0 aromatic carbocycles. The van der Waals surface area contributed by atoms with Gasteiger partial charge in [0.15, 0.2) is 0 Å². The number of allylic oxidation sites excluding steroid dienone is 7. The van der Waals surface area contributed by atoms with Crippen LogP contribution in [-0.2, 0) is 14.3 Å². The number of rotatable bonds is 53. The molecule has 0 bridgehead atoms. The third-order valence-corrected chi connectivity index (χ3v) is 13.1. The summed E-state index contributed by atoms with van der Waals surface area (Å²) in [6.45, 7) is 4.86. The molecule has 6 heteroatoms. The lowest BCUT2D eigenvalue weighted by molar-refractivity contribution is -0.143. The van der Waals surface area contributed by atoms with E-state index in [4.69, 9.17) is 4.74 Å². The van der Waals surface area contributed by atoms with Gasteiger partial charge in [0.25, 0.3) is 0 Å². The van der Waals surface area contributed by atoms with Crippen LogP contribution in [0.15, 0.2) is 48.6 Å². The van der Waals surface area contributed by atoms with Crippen molar-refractivity contribution in [2.24, 2.45) is 0 Å². The zero-order chi connectivity index (χ0) is 47.9. The maximum Gasteiger partial charge on any atom is 0.305 e. The van der Waals surface area contributed by atoms with Gasteiger partial charge in [0.2, 0.25) is 5.91 Å². The second-order valence-corrected chi connectivity index (χ2v) is 19.6. The number of ether oxygens (including phenoxy) is 1. The fourth-order valence-corrected chi connectivity index (χ4v) is 8.60. The van der Waals surface area contributed by atoms with Crippen LogP contribution >= 0.6 is 0 Å². The molecule has 0 fully saturated rings. The number of hydrogen-bond donors (Lipinski definition) is 3. The molecule has 0 aromatic rings. The lowest BCUT2D eigenvalue weighted by Gasteiger charge is -2.20. The molecule has 2 atom stereocenters. The van der Waals surface area contributed by atoms with Gasteiger partial charge in [-0.1, -0.05) is 242 Å². The van der Waals surface area contributed by atoms with Crippen molar-refractivity contribution in [1.29, 1.82) is 0 Å². The lowest BCUT2D eigenvalue weighted by atomic mass is 10.0. The molecule has 0 radical (unpaired) electrons. The van der Waals surface area contributed by atoms with Gasteiger partial charge in [0.05, 0.1) is 25.4 Å². The van der Waals surface area contributed by atoms with E-state index in [0.29, 0.717) is 19.4 Å². The number of carbonyl (C=O) groups excluding carboxylic acids is 2. The Labute approximate surface area is 410 Å². The molecule has 0 aliphatic heterocycles. The highest BCUT2D eigenvalue weighted by Crippen LogP contribution is 2.16. The van der Waals surface area contributed by atoms with Crippen LogP contribution in [0.2, 0.25) is 0 Å². The van der Waals surface area contributed by atoms with Gasteiger partial charge in [-0.05, 0) is 89.9 Å². The first-order valence-corrected chi connectivity index (χ1v) is 28.9. The summed E-state index contributed by atoms with van der Waals surface area (Å²) in [6, 6.07) is -0.635. The van der Waals surface area contributed by atoms with Crippen LogP contribution in [0, 0.1) is 0 Å². The molecule has 6 nitrogen and oxygen atoms in total. The van der Waals surface area contributed by atoms with Gasteiger partial charge < -0.3 is 20.3 Å². The Balaban J connectivity index is 3.47. The van der Waals surface area contributed by atoms with E-state index < -0.39 is 12.1 Å². The van der Waals surface area contributed by atoms with E-state index in [0.717, 1.165) is 57.8 Å². The molecule has 0 spiro atoms. The first kappa shape index (κ1) is 63.8. The summed E-state index contributed by atoms with van der Waals surface area (Å²) < 4.78 is 5.47. The van der Waals surface area contributed by atoms with E-state index in [2.05, 4.69) is 55.6 Å². The Morgan fingerprint density at radius 1 is 0.424 bits per heavy atom. The molecule has 66 heavy (non-hydrogen) atoms. The van der Waals surface area contributed by atoms with Crippen molar-refractivity contribution in [3.63, 3.8) is 0 Å². The molecule has 0 heterocycles. The summed E-state index contributed by atoms with van der Waals surface area (Å²) in [4.78, 5) is 24.5. The van der Waals surface area contributed by atoms with Crippen molar-refractivity contribution in [2.45, 2.75) is 309 Å². The van der Waals surface area contributed by atoms with Gasteiger partial charge in [-0.15, -0.1) is 0 Å². The highest BCUT2D eigenvalue weighted by molar-refractivity contribution is 5.76. The quantitative estimate of drug-likeness (QED) is 0.0321. The van der Waals surface area contributed by atoms with Gasteiger partial charge in [0.1, 0.15) is 0 Å². The summed E-state index contributed by atoms with van der Waals surface area (Å²) in [5.74, 6) is -0.0864. The summed E-state index contributed by atoms with van der Waals surface area (Å²) in [7, 11) is 0. The summed E-state index contributed by atoms with van der Waals surface area (Å²) >= 11 is 0. The van der Waals surface area contributed by atoms with E-state index >= 15 is 0 Å². The first-order chi connectivity index (χ1) is 32.5. The van der Waals surface area contributed by atoms with Crippen LogP contribution in [0.3, 0.4) is 0 Å². The number of carbonyl (C=O) groups is 2. The first-order valence-electron chi connectivity index (χ1n) is 28.9. The molecule has 0 saturated heterocycles. The normalized spacial score (nSPS) is 13.0. The number of hydrogen-bond acceptors (Lipinski definition) is 5. The number of nitrogens with one attached hydrogen (secondary N) is 1. The van der Waals surface area contributed by atoms with Crippen molar-refractivity contribution in [1.82, 2.24) is 5.32 Å². The SMILES string of the molecule is CCCCC/C=C\C/C=C\CCCCCCCC(=O)OCCCCCCCCCCC/C=C\CCCCCCCCCC(=O)NC(CO)C(O)/C=C/CCCCCCCCCCCCCC. The van der Waals surface area contributed by atoms with Crippen LogP contribution in [-0.4, -0.2) is 47.4 Å². The van der Waals surface area contributed by atoms with Crippen molar-refractivity contribution in [3.05, 3.63) is 48.6 Å². The number of amides is 1. The lowest BCUT2D eigenvalue weighted by Crippen LogP contribution is -2.45. The minimum atomic E-state index is -0.850. The van der Waals surface area contributed by atoms with Gasteiger partial charge in [-0.2, -0.15) is 0 Å². The van der Waals surface area contributed by atoms with Crippen molar-refractivity contribution < 1.29 is 24.5 Å². The zero-order valence-electron chi connectivity index (χ0n) is 43.9. The standard InChI is InChI=1S/C60H111NO5/c1-3-5-7-9-11-13-15-17-25-30-34-38-42-46-50-54-60(65)66-55-51-47-43-39-35-31-27-24-22-20-19-21-23-26-29-33-37-41-45-49-53-59(64)61-57(56-62)58(63)52-48-44-40-36-32-28-18-16-14-12-10-8-6-4-2/h11,13,17,19,21,25,48,52,57-58,62-63H,3-10,12,14-16,18,20,22-24,26-47,49-51,53-56H2,1-2H3,(H,61,64)/b13-11-,21-19-,25-17-,52-48+. The summed E-state index contributed by atoms with van der Waals surface area (Å²) in [6.07, 6.45) is 69.8. The average molecular weight is 927 g/mol. The van der Waals surface area contributed by atoms with Crippen LogP contribution in [0.1, 0.15) is 296 Å². The zero-order valence-corrected chi connectivity index (χ0v) is 43.9. The molecule has 0 aliphatic carbocycles. The molecule has 386 valence electrons. The number of unbranched alkanes of at least 4 members (excludes halogenated alkanes) is 36. The highest BCUT2D eigenvalue weighted by atomic mass is 16.5. The molecule has 0 rings (SSSR count). The predicted octanol–water partition coefficient (Wildman–Crippen LogP) is 17.8. The Hall–Kier alpha value is -2.18. The van der Waals surface area contributed by atoms with Crippen molar-refractivity contribution in [2.75, 3.05) is 13.2 Å². The topological polar surface area (TPSA) is 95.9 Å². The minimum Gasteiger partial charge on any atom is -0.466 e. The van der Waals surface area contributed by atoms with E-state index in [-0.39, 0.29) is 18.5 Å². The second-order valence-electron chi connectivity index (χ2n) is 19.6. The van der Waals surface area contributed by atoms with Crippen LogP contribution in [0.25, 0.3) is 0 Å². The van der Waals surface area contributed by atoms with Gasteiger partial charge in [0, 0.05) is 12.8 Å². The Morgan fingerprint density at radius 3 is 1.20 bits per heavy atom. The number of esters is 1. The third kappa shape index (κ3) is 51.2. The minimum absolute atomic E-state index is 0.00906. The van der Waals surface area contributed by atoms with Crippen molar-refractivity contribution in [3.8, 4) is 0 Å². The van der Waals surface area contributed by atoms with Crippen LogP contribution in [0.5, 0.6) is 0 Å². The van der Waals surface area contributed by atoms with Crippen molar-refractivity contribution >= 4 is 11.9 Å². The van der Waals surface area contributed by atoms with E-state index in [9.17, 15) is 19.8 Å². The predicted molar refractivity (Wildman–Crippen MR) is 287 cm³/mol. The Kier molecular flexibility index (Phi) is 53.6. The smallest absolute Gasteiger partial charge is 0.305 e. The molecule has 1 amide bonds. The van der Waals surface area contributed by atoms with Gasteiger partial charge in [-0.25, -0.2) is 0 Å². The molecular weight excluding hydrogens is 815 g/mol. The van der Waals surface area contributed by atoms with E-state index in [1.54, 1.807) is 6.08 Å². The maximum atomic E-state index is 12.4. The molecule has 3 N–H and O–H groups in total. The molecular formula is C60H111NO5. The van der Waals surface area contributed by atoms with Crippen LogP contribution in [0.4, 0.5) is 0 Å². The molecule has 2 unspecified atom stereocenters. The number of aliphatic hydroxyl groups is 2. The number of aliphatic hydroxyl groups excluding tert-OH is 2. The molecule has 0 saturated carbocycles. The monoisotopic (exact) mass is 926 g/mol. The average Bonchev–Trinajstić information content (AvgIpc) is 3.32. The van der Waals surface area contributed by atoms with E-state index in [1.807, 2.05) is 6.08 Å². The van der Waals surface area contributed by atoms with Gasteiger partial charge >= 0.3 is 5.97 Å². The Morgan fingerprint density at radius 2 is 0.758 bits per heavy atom. The highest BCUT2D eigenvalue weighted by Gasteiger charge is 2.18. The second kappa shape index (κ2) is 55.4. The van der Waals surface area contributed by atoms with E-state index in [1.165, 1.54) is 212 Å². The summed E-state index contributed by atoms with van der Waals surface area (Å²) in [5.41, 5.74) is 0. The Bertz CT molecular complexity index is 1110. The summed E-state index contributed by atoms with van der Waals surface area (Å²) in [5, 5.41) is 23.1. The van der Waals surface area contributed by atoms with Gasteiger partial charge in [-0.3, -0.25) is 9.59 Å². The largest absolute Gasteiger partial charge is 0.466 e. The fraction of sp³-hybridized carbons (Fsp3) is 0.833.